The summed E-state index contributed by atoms with van der Waals surface area (Å²) in [5.41, 5.74) is 0. The summed E-state index contributed by atoms with van der Waals surface area (Å²) < 4.78 is 34.6. The van der Waals surface area contributed by atoms with Gasteiger partial charge in [0.2, 0.25) is 5.91 Å². The van der Waals surface area contributed by atoms with Gasteiger partial charge in [-0.1, -0.05) is 349 Å². The van der Waals surface area contributed by atoms with Gasteiger partial charge in [-0.2, -0.15) is 0 Å². The average molecular weight is 1540 g/mol. The van der Waals surface area contributed by atoms with Crippen LogP contribution in [0.5, 0.6) is 0 Å². The van der Waals surface area contributed by atoms with Crippen molar-refractivity contribution >= 4 is 5.91 Å². The highest BCUT2D eigenvalue weighted by molar-refractivity contribution is 5.76. The number of unbranched alkanes of at least 4 members (excludes halogenated alkanes) is 38. The zero-order valence-corrected chi connectivity index (χ0v) is 68.0. The molecule has 0 bridgehead atoms. The fourth-order valence-corrected chi connectivity index (χ4v) is 14.5. The van der Waals surface area contributed by atoms with Crippen LogP contribution in [-0.2, 0) is 33.2 Å². The van der Waals surface area contributed by atoms with Crippen LogP contribution in [0.4, 0.5) is 0 Å². The van der Waals surface area contributed by atoms with Crippen LogP contribution in [0.15, 0.2) is 97.2 Å². The lowest BCUT2D eigenvalue weighted by Gasteiger charge is -2.48. The normalized spacial score (nSPS) is 25.8. The van der Waals surface area contributed by atoms with E-state index in [4.69, 9.17) is 28.4 Å². The Morgan fingerprint density at radius 1 is 0.339 bits per heavy atom. The predicted octanol–water partition coefficient (Wildman–Crippen LogP) is 16.3. The Labute approximate surface area is 660 Å². The fourth-order valence-electron chi connectivity index (χ4n) is 14.5. The van der Waals surface area contributed by atoms with Crippen LogP contribution >= 0.6 is 0 Å². The maximum atomic E-state index is 13.5. The highest BCUT2D eigenvalue weighted by Gasteiger charge is 2.54. The van der Waals surface area contributed by atoms with Gasteiger partial charge in [0.05, 0.1) is 38.6 Å². The van der Waals surface area contributed by atoms with E-state index in [9.17, 15) is 61.0 Å². The lowest BCUT2D eigenvalue weighted by molar-refractivity contribution is -0.379. The van der Waals surface area contributed by atoms with Crippen LogP contribution < -0.4 is 5.32 Å². The first-order valence-electron chi connectivity index (χ1n) is 44.0. The Morgan fingerprint density at radius 3 is 0.991 bits per heavy atom. The van der Waals surface area contributed by atoms with E-state index in [0.29, 0.717) is 12.8 Å². The minimum absolute atomic E-state index is 0.247. The van der Waals surface area contributed by atoms with E-state index in [0.717, 1.165) is 109 Å². The molecule has 0 spiro atoms. The van der Waals surface area contributed by atoms with Crippen LogP contribution in [0.25, 0.3) is 0 Å². The summed E-state index contributed by atoms with van der Waals surface area (Å²) in [5.74, 6) is -0.247. The Kier molecular flexibility index (Phi) is 63.3. The molecule has 17 atom stereocenters. The molecule has 0 aromatic rings. The van der Waals surface area contributed by atoms with Crippen LogP contribution in [0.1, 0.15) is 335 Å². The van der Waals surface area contributed by atoms with Gasteiger partial charge in [-0.3, -0.25) is 4.79 Å². The van der Waals surface area contributed by atoms with Gasteiger partial charge < -0.3 is 89.9 Å². The third-order valence-electron chi connectivity index (χ3n) is 21.4. The lowest BCUT2D eigenvalue weighted by atomic mass is 9.96. The predicted molar refractivity (Wildman–Crippen MR) is 438 cm³/mol. The molecule has 0 radical (unpaired) electrons. The second-order valence-electron chi connectivity index (χ2n) is 31.0. The smallest absolute Gasteiger partial charge is 0.220 e. The maximum Gasteiger partial charge on any atom is 0.220 e. The van der Waals surface area contributed by atoms with Gasteiger partial charge in [-0.05, 0) is 77.0 Å². The molecule has 19 nitrogen and oxygen atoms in total. The molecule has 3 aliphatic rings. The maximum absolute atomic E-state index is 13.5. The largest absolute Gasteiger partial charge is 0.394 e. The fraction of sp³-hybridized carbons (Fsp3) is 0.811. The molecule has 1 amide bonds. The first-order chi connectivity index (χ1) is 53.3. The number of amides is 1. The van der Waals surface area contributed by atoms with Crippen molar-refractivity contribution in [3.05, 3.63) is 97.2 Å². The number of carbonyl (C=O) groups excluding carboxylic acids is 1. The third-order valence-corrected chi connectivity index (χ3v) is 21.4. The van der Waals surface area contributed by atoms with Crippen molar-refractivity contribution in [2.45, 2.75) is 439 Å². The van der Waals surface area contributed by atoms with Crippen molar-refractivity contribution in [2.75, 3.05) is 26.4 Å². The van der Waals surface area contributed by atoms with Crippen molar-refractivity contribution in [1.82, 2.24) is 5.32 Å². The average Bonchev–Trinajstić information content (AvgIpc) is 0.749. The molecule has 3 saturated heterocycles. The van der Waals surface area contributed by atoms with Crippen LogP contribution in [0, 0.1) is 0 Å². The molecule has 0 saturated carbocycles. The second-order valence-corrected chi connectivity index (χ2v) is 31.0. The first-order valence-corrected chi connectivity index (χ1v) is 44.0. The molecular formula is C90H159NO18. The molecule has 17 unspecified atom stereocenters. The van der Waals surface area contributed by atoms with Crippen molar-refractivity contribution < 1.29 is 89.4 Å². The Hall–Kier alpha value is -3.29. The van der Waals surface area contributed by atoms with E-state index >= 15 is 0 Å². The van der Waals surface area contributed by atoms with Gasteiger partial charge in [0.15, 0.2) is 18.9 Å². The topological polar surface area (TPSA) is 307 Å². The molecule has 3 aliphatic heterocycles. The van der Waals surface area contributed by atoms with Crippen molar-refractivity contribution in [2.24, 2.45) is 0 Å². The molecule has 19 heteroatoms. The molecule has 0 aromatic carbocycles. The number of aliphatic hydroxyl groups excluding tert-OH is 11. The third kappa shape index (κ3) is 48.0. The second kappa shape index (κ2) is 69.1. The summed E-state index contributed by atoms with van der Waals surface area (Å²) >= 11 is 0. The van der Waals surface area contributed by atoms with Crippen LogP contribution in [-0.4, -0.2) is 193 Å². The summed E-state index contributed by atoms with van der Waals surface area (Å²) in [7, 11) is 0. The van der Waals surface area contributed by atoms with Crippen molar-refractivity contribution in [3.8, 4) is 0 Å². The number of hydrogen-bond acceptors (Lipinski definition) is 18. The zero-order valence-electron chi connectivity index (χ0n) is 68.0. The van der Waals surface area contributed by atoms with E-state index in [1.54, 1.807) is 0 Å². The Morgan fingerprint density at radius 2 is 0.633 bits per heavy atom. The van der Waals surface area contributed by atoms with Gasteiger partial charge in [0, 0.05) is 6.42 Å². The van der Waals surface area contributed by atoms with Gasteiger partial charge >= 0.3 is 0 Å². The number of nitrogens with one attached hydrogen (secondary N) is 1. The quantitative estimate of drug-likeness (QED) is 0.0199. The van der Waals surface area contributed by atoms with E-state index in [1.165, 1.54) is 193 Å². The molecule has 3 rings (SSSR count). The SMILES string of the molecule is CC/C=C\C/C=C\C/C=C\C/C=C\C/C=C\C/C=C\C/C=C\C/C=C\CCCCCCCCCCCCC(=O)NC(COC1OC(CO)C(OC2OC(CO)C(OC3OC(CO)C(O)C(O)C3O)C(O)C2O)C(O)C1O)C(O)CCCCCCCCCCCCCCCCCCCCCCCCCCCCCCC. The standard InChI is InChI=1S/C90H159NO18/c1-3-5-7-9-11-13-15-17-19-21-23-25-27-29-31-33-34-35-36-37-38-40-42-44-46-48-50-52-54-56-58-60-62-64-66-68-78(96)91-73(74(95)67-65-63-61-59-57-55-53-51-49-47-45-43-41-39-32-30-28-26-24-22-20-18-16-14-12-10-8-6-4-2)72-104-88-84(102)81(99)86(76(70-93)106-88)109-90-85(103)82(100)87(77(71-94)107-90)108-89-83(101)80(98)79(97)75(69-92)105-89/h5,7,11,13,17,19,23,25,29,31,34-35,37-38,42,44,73-77,79-90,92-95,97-103H,3-4,6,8-10,12,14-16,18,20-22,24,26-28,30,32-33,36,39-41,43,45-72H2,1-2H3,(H,91,96)/b7-5-,13-11-,19-17-,25-23-,31-29-,35-34-,38-37-,44-42-. The van der Waals surface area contributed by atoms with Crippen LogP contribution in [0.3, 0.4) is 0 Å². The molecule has 3 heterocycles. The Bertz CT molecular complexity index is 2340. The van der Waals surface area contributed by atoms with E-state index < -0.39 is 124 Å². The first kappa shape index (κ1) is 99.9. The molecule has 0 aromatic heterocycles. The Balaban J connectivity index is 1.34. The highest BCUT2D eigenvalue weighted by Crippen LogP contribution is 2.33. The number of carbonyl (C=O) groups is 1. The number of aliphatic hydroxyl groups is 11. The zero-order chi connectivity index (χ0) is 78.8. The van der Waals surface area contributed by atoms with E-state index in [-0.39, 0.29) is 18.9 Å². The van der Waals surface area contributed by atoms with Crippen molar-refractivity contribution in [3.63, 3.8) is 0 Å². The van der Waals surface area contributed by atoms with E-state index in [2.05, 4.69) is 116 Å². The monoisotopic (exact) mass is 1540 g/mol. The molecule has 0 aliphatic carbocycles. The summed E-state index contributed by atoms with van der Waals surface area (Å²) in [5, 5.41) is 121. The summed E-state index contributed by atoms with van der Waals surface area (Å²) in [4.78, 5) is 13.5. The molecule has 12 N–H and O–H groups in total. The lowest BCUT2D eigenvalue weighted by Crippen LogP contribution is -2.66. The summed E-state index contributed by atoms with van der Waals surface area (Å²) in [6.07, 6.45) is 67.8. The van der Waals surface area contributed by atoms with Gasteiger partial charge in [-0.25, -0.2) is 0 Å². The molecule has 109 heavy (non-hydrogen) atoms. The number of rotatable bonds is 70. The number of ether oxygens (including phenoxy) is 6. The summed E-state index contributed by atoms with van der Waals surface area (Å²) in [6, 6.07) is -0.898. The van der Waals surface area contributed by atoms with Crippen LogP contribution in [0.2, 0.25) is 0 Å². The van der Waals surface area contributed by atoms with Crippen molar-refractivity contribution in [1.29, 1.82) is 0 Å². The minimum Gasteiger partial charge on any atom is -0.394 e. The van der Waals surface area contributed by atoms with E-state index in [1.807, 2.05) is 0 Å². The minimum atomic E-state index is -1.98. The number of allylic oxidation sites excluding steroid dienone is 16. The summed E-state index contributed by atoms with van der Waals surface area (Å²) in [6.45, 7) is 1.72. The van der Waals surface area contributed by atoms with Gasteiger partial charge in [0.25, 0.3) is 0 Å². The van der Waals surface area contributed by atoms with Gasteiger partial charge in [0.1, 0.15) is 73.2 Å². The van der Waals surface area contributed by atoms with Gasteiger partial charge in [-0.15, -0.1) is 0 Å². The highest BCUT2D eigenvalue weighted by atomic mass is 16.8. The number of hydrogen-bond donors (Lipinski definition) is 12. The molecule has 3 fully saturated rings. The molecular weight excluding hydrogens is 1380 g/mol. The molecule has 632 valence electrons.